The summed E-state index contributed by atoms with van der Waals surface area (Å²) < 4.78 is 0. The van der Waals surface area contributed by atoms with Gasteiger partial charge in [0.15, 0.2) is 0 Å². The van der Waals surface area contributed by atoms with E-state index >= 15 is 0 Å². The van der Waals surface area contributed by atoms with E-state index in [2.05, 4.69) is 23.7 Å². The van der Waals surface area contributed by atoms with Gasteiger partial charge < -0.3 is 16.2 Å². The molecule has 0 saturated carbocycles. The lowest BCUT2D eigenvalue weighted by Gasteiger charge is -2.15. The largest absolute Gasteiger partial charge is 0.392 e. The van der Waals surface area contributed by atoms with E-state index in [1.165, 1.54) is 7.05 Å². The molecule has 90 valence electrons. The lowest BCUT2D eigenvalue weighted by molar-refractivity contribution is 0.132. The van der Waals surface area contributed by atoms with Crippen LogP contribution in [0.15, 0.2) is 0 Å². The van der Waals surface area contributed by atoms with Gasteiger partial charge >= 0.3 is 0 Å². The minimum atomic E-state index is -0.183. The molecule has 3 atom stereocenters. The molecule has 0 aromatic rings. The standard InChI is InChI=1S/C7H15NOS.CH5N.2ClH/c1-2-7(9)6-3-5(10)4-8-6;1-2;;/h5-10H,2-4H2,1H3;2H2,1H3;2*1H. The molecule has 1 heterocycles. The first-order chi connectivity index (χ1) is 5.74. The smallest absolute Gasteiger partial charge is 0.0691 e. The first-order valence-corrected chi connectivity index (χ1v) is 4.93. The normalized spacial score (nSPS) is 26.4. The molecule has 0 amide bonds. The molecule has 0 radical (unpaired) electrons. The summed E-state index contributed by atoms with van der Waals surface area (Å²) in [5, 5.41) is 13.0. The van der Waals surface area contributed by atoms with E-state index in [0.29, 0.717) is 5.25 Å². The van der Waals surface area contributed by atoms with Gasteiger partial charge in [0.25, 0.3) is 0 Å². The lowest BCUT2D eigenvalue weighted by atomic mass is 10.1. The van der Waals surface area contributed by atoms with Crippen molar-refractivity contribution in [1.29, 1.82) is 0 Å². The van der Waals surface area contributed by atoms with E-state index in [9.17, 15) is 5.11 Å². The quantitative estimate of drug-likeness (QED) is 0.560. The van der Waals surface area contributed by atoms with Gasteiger partial charge in [0, 0.05) is 17.8 Å². The Labute approximate surface area is 104 Å². The Hall–Kier alpha value is 0.810. The molecular weight excluding hydrogens is 243 g/mol. The van der Waals surface area contributed by atoms with Crippen LogP contribution in [0.5, 0.6) is 0 Å². The van der Waals surface area contributed by atoms with Gasteiger partial charge in [0.05, 0.1) is 6.10 Å². The number of halogens is 2. The van der Waals surface area contributed by atoms with Crippen molar-refractivity contribution in [2.45, 2.75) is 37.2 Å². The maximum Gasteiger partial charge on any atom is 0.0691 e. The predicted molar refractivity (Wildman–Crippen MR) is 70.1 cm³/mol. The lowest BCUT2D eigenvalue weighted by Crippen LogP contribution is -2.33. The third-order valence-corrected chi connectivity index (χ3v) is 2.42. The number of nitrogens with two attached hydrogens (primary N) is 1. The van der Waals surface area contributed by atoms with Crippen LogP contribution in [0, 0.1) is 0 Å². The van der Waals surface area contributed by atoms with E-state index < -0.39 is 0 Å². The highest BCUT2D eigenvalue weighted by Gasteiger charge is 2.25. The number of rotatable bonds is 2. The van der Waals surface area contributed by atoms with Crippen LogP contribution in [-0.2, 0) is 0 Å². The predicted octanol–water partition coefficient (Wildman–Crippen LogP) is 0.836. The summed E-state index contributed by atoms with van der Waals surface area (Å²) >= 11 is 4.31. The Kier molecular flexibility index (Phi) is 17.2. The van der Waals surface area contributed by atoms with E-state index in [0.717, 1.165) is 19.4 Å². The van der Waals surface area contributed by atoms with E-state index in [-0.39, 0.29) is 37.0 Å². The van der Waals surface area contributed by atoms with Gasteiger partial charge in [-0.3, -0.25) is 0 Å². The van der Waals surface area contributed by atoms with Gasteiger partial charge in [-0.15, -0.1) is 24.8 Å². The molecular formula is C8H22Cl2N2OS. The van der Waals surface area contributed by atoms with Crippen LogP contribution in [0.1, 0.15) is 19.8 Å². The third-order valence-electron chi connectivity index (χ3n) is 2.02. The van der Waals surface area contributed by atoms with Gasteiger partial charge in [-0.1, -0.05) is 6.92 Å². The zero-order chi connectivity index (χ0) is 9.56. The molecule has 1 aliphatic heterocycles. The average Bonchev–Trinajstić information content (AvgIpc) is 2.54. The maximum absolute atomic E-state index is 9.38. The SMILES string of the molecule is CCC(O)C1CC(S)CN1.CN.Cl.Cl. The van der Waals surface area contributed by atoms with Crippen molar-refractivity contribution in [1.82, 2.24) is 5.32 Å². The van der Waals surface area contributed by atoms with Crippen molar-refractivity contribution in [3.8, 4) is 0 Å². The Balaban J connectivity index is -0.000000284. The van der Waals surface area contributed by atoms with Crippen molar-refractivity contribution < 1.29 is 5.11 Å². The first kappa shape index (κ1) is 20.3. The van der Waals surface area contributed by atoms with Crippen molar-refractivity contribution >= 4 is 37.4 Å². The van der Waals surface area contributed by atoms with Crippen molar-refractivity contribution in [3.63, 3.8) is 0 Å². The van der Waals surface area contributed by atoms with Crippen molar-refractivity contribution in [2.75, 3.05) is 13.6 Å². The Morgan fingerprint density at radius 2 is 2.00 bits per heavy atom. The molecule has 0 bridgehead atoms. The molecule has 0 spiro atoms. The first-order valence-electron chi connectivity index (χ1n) is 4.41. The highest BCUT2D eigenvalue weighted by atomic mass is 35.5. The number of aliphatic hydroxyl groups is 1. The topological polar surface area (TPSA) is 58.3 Å². The monoisotopic (exact) mass is 264 g/mol. The summed E-state index contributed by atoms with van der Waals surface area (Å²) in [6.07, 6.45) is 1.65. The molecule has 3 nitrogen and oxygen atoms in total. The second-order valence-electron chi connectivity index (χ2n) is 2.88. The number of aliphatic hydroxyl groups excluding tert-OH is 1. The van der Waals surface area contributed by atoms with Crippen LogP contribution < -0.4 is 11.1 Å². The molecule has 1 rings (SSSR count). The summed E-state index contributed by atoms with van der Waals surface area (Å²) in [5.74, 6) is 0. The van der Waals surface area contributed by atoms with E-state index in [4.69, 9.17) is 0 Å². The highest BCUT2D eigenvalue weighted by molar-refractivity contribution is 7.81. The summed E-state index contributed by atoms with van der Waals surface area (Å²) in [5.41, 5.74) is 4.50. The van der Waals surface area contributed by atoms with E-state index in [1.807, 2.05) is 6.92 Å². The van der Waals surface area contributed by atoms with Gasteiger partial charge in [-0.2, -0.15) is 12.6 Å². The fourth-order valence-corrected chi connectivity index (χ4v) is 1.66. The summed E-state index contributed by atoms with van der Waals surface area (Å²) in [7, 11) is 1.50. The van der Waals surface area contributed by atoms with Crippen molar-refractivity contribution in [2.24, 2.45) is 5.73 Å². The number of nitrogens with one attached hydrogen (secondary N) is 1. The van der Waals surface area contributed by atoms with E-state index in [1.54, 1.807) is 0 Å². The molecule has 6 heteroatoms. The molecule has 0 aromatic heterocycles. The maximum atomic E-state index is 9.38. The number of hydrogen-bond acceptors (Lipinski definition) is 4. The molecule has 4 N–H and O–H groups in total. The van der Waals surface area contributed by atoms with Gasteiger partial charge in [0.2, 0.25) is 0 Å². The van der Waals surface area contributed by atoms with Crippen LogP contribution in [0.25, 0.3) is 0 Å². The fraction of sp³-hybridized carbons (Fsp3) is 1.00. The molecule has 14 heavy (non-hydrogen) atoms. The fourth-order valence-electron chi connectivity index (χ4n) is 1.32. The minimum Gasteiger partial charge on any atom is -0.392 e. The second-order valence-corrected chi connectivity index (χ2v) is 3.61. The summed E-state index contributed by atoms with van der Waals surface area (Å²) in [4.78, 5) is 0. The zero-order valence-corrected chi connectivity index (χ0v) is 11.2. The average molecular weight is 265 g/mol. The molecule has 3 unspecified atom stereocenters. The molecule has 1 saturated heterocycles. The van der Waals surface area contributed by atoms with Crippen LogP contribution in [-0.4, -0.2) is 36.1 Å². The summed E-state index contributed by atoms with van der Waals surface area (Å²) in [6, 6.07) is 0.285. The Bertz CT molecular complexity index is 122. The number of hydrogen-bond donors (Lipinski definition) is 4. The minimum absolute atomic E-state index is 0. The molecule has 0 aliphatic carbocycles. The molecule has 1 fully saturated rings. The highest BCUT2D eigenvalue weighted by Crippen LogP contribution is 2.15. The Morgan fingerprint density at radius 1 is 1.50 bits per heavy atom. The van der Waals surface area contributed by atoms with Crippen LogP contribution in [0.3, 0.4) is 0 Å². The van der Waals surface area contributed by atoms with Crippen LogP contribution >= 0.6 is 37.4 Å². The van der Waals surface area contributed by atoms with Gasteiger partial charge in [-0.05, 0) is 19.9 Å². The third kappa shape index (κ3) is 7.15. The molecule has 1 aliphatic rings. The number of thiol groups is 1. The van der Waals surface area contributed by atoms with Crippen LogP contribution in [0.4, 0.5) is 0 Å². The van der Waals surface area contributed by atoms with Crippen molar-refractivity contribution in [3.05, 3.63) is 0 Å². The molecule has 0 aromatic carbocycles. The zero-order valence-electron chi connectivity index (χ0n) is 8.64. The second kappa shape index (κ2) is 11.9. The van der Waals surface area contributed by atoms with Gasteiger partial charge in [0.1, 0.15) is 0 Å². The van der Waals surface area contributed by atoms with Crippen LogP contribution in [0.2, 0.25) is 0 Å². The van der Waals surface area contributed by atoms with Gasteiger partial charge in [-0.25, -0.2) is 0 Å². The Morgan fingerprint density at radius 3 is 2.29 bits per heavy atom. The summed E-state index contributed by atoms with van der Waals surface area (Å²) in [6.45, 7) is 2.93.